The lowest BCUT2D eigenvalue weighted by Gasteiger charge is -2.37. The summed E-state index contributed by atoms with van der Waals surface area (Å²) in [4.78, 5) is 32.1. The van der Waals surface area contributed by atoms with Gasteiger partial charge in [0.1, 0.15) is 5.69 Å². The van der Waals surface area contributed by atoms with Gasteiger partial charge in [-0.15, -0.1) is 0 Å². The molecule has 0 aliphatic carbocycles. The highest BCUT2D eigenvalue weighted by Gasteiger charge is 2.44. The molecule has 0 saturated carbocycles. The van der Waals surface area contributed by atoms with Crippen LogP contribution >= 0.6 is 0 Å². The fraction of sp³-hybridized carbons (Fsp3) is 0.476. The lowest BCUT2D eigenvalue weighted by atomic mass is 9.74. The number of Topliss-reactive ketones (excluding diaryl/α,β-unsaturated/α-hetero) is 1. The van der Waals surface area contributed by atoms with E-state index < -0.39 is 5.41 Å². The molecule has 6 nitrogen and oxygen atoms in total. The van der Waals surface area contributed by atoms with Gasteiger partial charge in [-0.05, 0) is 45.5 Å². The van der Waals surface area contributed by atoms with E-state index >= 15 is 0 Å². The number of ketones is 1. The summed E-state index contributed by atoms with van der Waals surface area (Å²) in [5, 5.41) is 0. The fourth-order valence-electron chi connectivity index (χ4n) is 3.84. The smallest absolute Gasteiger partial charge is 0.312 e. The zero-order chi connectivity index (χ0) is 19.4. The molecule has 0 spiro atoms. The molecule has 3 rings (SSSR count). The third-order valence-electron chi connectivity index (χ3n) is 5.71. The van der Waals surface area contributed by atoms with Crippen LogP contribution < -0.4 is 0 Å². The van der Waals surface area contributed by atoms with Crippen molar-refractivity contribution >= 4 is 11.8 Å². The summed E-state index contributed by atoms with van der Waals surface area (Å²) < 4.78 is 6.95. The van der Waals surface area contributed by atoms with Gasteiger partial charge in [0.15, 0.2) is 5.78 Å². The summed E-state index contributed by atoms with van der Waals surface area (Å²) in [7, 11) is 3.42. The van der Waals surface area contributed by atoms with Crippen molar-refractivity contribution in [1.29, 1.82) is 0 Å². The monoisotopic (exact) mass is 369 g/mol. The zero-order valence-corrected chi connectivity index (χ0v) is 16.2. The van der Waals surface area contributed by atoms with Crippen LogP contribution in [-0.2, 0) is 9.53 Å². The van der Waals surface area contributed by atoms with Crippen LogP contribution in [0.15, 0.2) is 42.9 Å². The van der Waals surface area contributed by atoms with Gasteiger partial charge in [0, 0.05) is 6.42 Å². The third-order valence-corrected chi connectivity index (χ3v) is 5.71. The molecular weight excluding hydrogens is 342 g/mol. The maximum atomic E-state index is 13.2. The first kappa shape index (κ1) is 19.3. The SMILES string of the molecule is COC(=O)C1(CC(=O)c2cncn2C(C)c2ccccc2)CCN(C)CC1. The van der Waals surface area contributed by atoms with E-state index in [0.717, 1.165) is 18.7 Å². The molecule has 0 bridgehead atoms. The van der Waals surface area contributed by atoms with Crippen LogP contribution in [0.4, 0.5) is 0 Å². The third kappa shape index (κ3) is 3.95. The average molecular weight is 369 g/mol. The van der Waals surface area contributed by atoms with Crippen molar-refractivity contribution in [3.05, 3.63) is 54.1 Å². The molecule has 2 heterocycles. The molecule has 1 fully saturated rings. The van der Waals surface area contributed by atoms with Crippen molar-refractivity contribution < 1.29 is 14.3 Å². The van der Waals surface area contributed by atoms with E-state index in [-0.39, 0.29) is 24.2 Å². The maximum absolute atomic E-state index is 13.2. The normalized spacial score (nSPS) is 18.0. The molecule has 1 aromatic heterocycles. The van der Waals surface area contributed by atoms with Gasteiger partial charge in [-0.25, -0.2) is 4.98 Å². The summed E-state index contributed by atoms with van der Waals surface area (Å²) in [6.45, 7) is 3.60. The largest absolute Gasteiger partial charge is 0.469 e. The average Bonchev–Trinajstić information content (AvgIpc) is 3.19. The van der Waals surface area contributed by atoms with Crippen LogP contribution in [0.25, 0.3) is 0 Å². The lowest BCUT2D eigenvalue weighted by molar-refractivity contribution is -0.155. The number of rotatable bonds is 6. The standard InChI is InChI=1S/C21H27N3O3/c1-16(17-7-5-4-6-8-17)24-15-22-14-18(24)19(25)13-21(20(26)27-3)9-11-23(2)12-10-21/h4-8,14-16H,9-13H2,1-3H3. The van der Waals surface area contributed by atoms with Gasteiger partial charge in [0.25, 0.3) is 0 Å². The number of methoxy groups -OCH3 is 1. The number of imidazole rings is 1. The Kier molecular flexibility index (Phi) is 5.75. The first-order valence-corrected chi connectivity index (χ1v) is 9.34. The minimum absolute atomic E-state index is 0.0146. The number of hydrogen-bond acceptors (Lipinski definition) is 5. The minimum atomic E-state index is -0.747. The molecule has 1 saturated heterocycles. The van der Waals surface area contributed by atoms with Crippen LogP contribution in [0.2, 0.25) is 0 Å². The van der Waals surface area contributed by atoms with E-state index in [1.165, 1.54) is 7.11 Å². The molecule has 0 radical (unpaired) electrons. The Morgan fingerprint density at radius 1 is 1.22 bits per heavy atom. The van der Waals surface area contributed by atoms with E-state index in [1.807, 2.05) is 48.9 Å². The van der Waals surface area contributed by atoms with Crippen LogP contribution in [-0.4, -0.2) is 53.5 Å². The second kappa shape index (κ2) is 8.05. The highest BCUT2D eigenvalue weighted by Crippen LogP contribution is 2.37. The van der Waals surface area contributed by atoms with Crippen molar-refractivity contribution in [1.82, 2.24) is 14.5 Å². The Morgan fingerprint density at radius 3 is 2.52 bits per heavy atom. The number of carbonyl (C=O) groups excluding carboxylic acids is 2. The van der Waals surface area contributed by atoms with Crippen molar-refractivity contribution in [3.63, 3.8) is 0 Å². The molecule has 1 aliphatic rings. The summed E-state index contributed by atoms with van der Waals surface area (Å²) in [6, 6.07) is 9.98. The van der Waals surface area contributed by atoms with E-state index in [4.69, 9.17) is 4.74 Å². The Bertz CT molecular complexity index is 792. The van der Waals surface area contributed by atoms with E-state index in [0.29, 0.717) is 18.5 Å². The molecule has 1 aromatic carbocycles. The molecule has 27 heavy (non-hydrogen) atoms. The molecule has 0 N–H and O–H groups in total. The zero-order valence-electron chi connectivity index (χ0n) is 16.2. The number of esters is 1. The Morgan fingerprint density at radius 2 is 1.89 bits per heavy atom. The van der Waals surface area contributed by atoms with Gasteiger partial charge >= 0.3 is 5.97 Å². The molecule has 1 aliphatic heterocycles. The number of carbonyl (C=O) groups is 2. The van der Waals surface area contributed by atoms with E-state index in [1.54, 1.807) is 12.5 Å². The van der Waals surface area contributed by atoms with Crippen LogP contribution in [0, 0.1) is 5.41 Å². The van der Waals surface area contributed by atoms with Crippen molar-refractivity contribution in [2.45, 2.75) is 32.2 Å². The highest BCUT2D eigenvalue weighted by atomic mass is 16.5. The number of benzene rings is 1. The molecular formula is C21H27N3O3. The number of ether oxygens (including phenoxy) is 1. The van der Waals surface area contributed by atoms with Crippen LogP contribution in [0.3, 0.4) is 0 Å². The van der Waals surface area contributed by atoms with Crippen molar-refractivity contribution in [3.8, 4) is 0 Å². The Hall–Kier alpha value is -2.47. The number of nitrogens with zero attached hydrogens (tertiary/aromatic N) is 3. The summed E-state index contributed by atoms with van der Waals surface area (Å²) in [5.74, 6) is -0.351. The fourth-order valence-corrected chi connectivity index (χ4v) is 3.84. The first-order chi connectivity index (χ1) is 13.0. The number of aromatic nitrogens is 2. The molecule has 1 atom stereocenters. The topological polar surface area (TPSA) is 64.4 Å². The summed E-state index contributed by atoms with van der Waals surface area (Å²) in [5.41, 5.74) is 0.892. The molecule has 1 unspecified atom stereocenters. The summed E-state index contributed by atoms with van der Waals surface area (Å²) in [6.07, 6.45) is 4.70. The summed E-state index contributed by atoms with van der Waals surface area (Å²) >= 11 is 0. The molecule has 0 amide bonds. The number of likely N-dealkylation sites (tertiary alicyclic amines) is 1. The van der Waals surface area contributed by atoms with Gasteiger partial charge < -0.3 is 14.2 Å². The first-order valence-electron chi connectivity index (χ1n) is 9.34. The van der Waals surface area contributed by atoms with E-state index in [9.17, 15) is 9.59 Å². The predicted octanol–water partition coefficient (Wildman–Crippen LogP) is 2.95. The highest BCUT2D eigenvalue weighted by molar-refractivity contribution is 5.97. The van der Waals surface area contributed by atoms with Gasteiger partial charge in [-0.3, -0.25) is 9.59 Å². The van der Waals surface area contributed by atoms with Gasteiger partial charge in [-0.1, -0.05) is 30.3 Å². The Balaban J connectivity index is 1.84. The van der Waals surface area contributed by atoms with E-state index in [2.05, 4.69) is 9.88 Å². The molecule has 6 heteroatoms. The quantitative estimate of drug-likeness (QED) is 0.579. The van der Waals surface area contributed by atoms with Crippen molar-refractivity contribution in [2.75, 3.05) is 27.2 Å². The van der Waals surface area contributed by atoms with Crippen LogP contribution in [0.1, 0.15) is 48.3 Å². The second-order valence-electron chi connectivity index (χ2n) is 7.45. The van der Waals surface area contributed by atoms with Gasteiger partial charge in [-0.2, -0.15) is 0 Å². The van der Waals surface area contributed by atoms with Crippen LogP contribution in [0.5, 0.6) is 0 Å². The molecule has 2 aromatic rings. The predicted molar refractivity (Wildman–Crippen MR) is 103 cm³/mol. The van der Waals surface area contributed by atoms with Gasteiger partial charge in [0.05, 0.1) is 31.1 Å². The molecule has 144 valence electrons. The second-order valence-corrected chi connectivity index (χ2v) is 7.45. The lowest BCUT2D eigenvalue weighted by Crippen LogP contribution is -2.45. The van der Waals surface area contributed by atoms with Gasteiger partial charge in [0.2, 0.25) is 0 Å². The number of hydrogen-bond donors (Lipinski definition) is 0. The number of piperidine rings is 1. The minimum Gasteiger partial charge on any atom is -0.469 e. The maximum Gasteiger partial charge on any atom is 0.312 e. The van der Waals surface area contributed by atoms with Crippen molar-refractivity contribution in [2.24, 2.45) is 5.41 Å². The Labute approximate surface area is 160 Å².